The van der Waals surface area contributed by atoms with E-state index >= 15 is 0 Å². The topological polar surface area (TPSA) is 128 Å². The first-order valence-corrected chi connectivity index (χ1v) is 20.2. The zero-order chi connectivity index (χ0) is 42.6. The maximum atomic E-state index is 12.6. The minimum absolute atomic E-state index is 0.0496. The maximum absolute atomic E-state index is 12.6. The number of ether oxygens (including phenoxy) is 3. The van der Waals surface area contributed by atoms with Gasteiger partial charge in [0.25, 0.3) is 0 Å². The molecule has 0 bridgehead atoms. The van der Waals surface area contributed by atoms with E-state index in [0.29, 0.717) is 6.42 Å². The van der Waals surface area contributed by atoms with Crippen LogP contribution in [0, 0.1) is 13.8 Å². The lowest BCUT2D eigenvalue weighted by atomic mass is 9.93. The van der Waals surface area contributed by atoms with Crippen molar-refractivity contribution in [1.29, 1.82) is 0 Å². The van der Waals surface area contributed by atoms with Crippen molar-refractivity contribution in [2.45, 2.75) is 167 Å². The monoisotopic (exact) mass is 783 g/mol. The van der Waals surface area contributed by atoms with Crippen LogP contribution in [-0.2, 0) is 51.3 Å². The molecule has 6 rings (SSSR count). The summed E-state index contributed by atoms with van der Waals surface area (Å²) in [4.78, 5) is 47.6. The van der Waals surface area contributed by atoms with Gasteiger partial charge in [0.05, 0.1) is 16.2 Å². The Balaban J connectivity index is 0.000000204. The van der Waals surface area contributed by atoms with Gasteiger partial charge < -0.3 is 24.6 Å². The van der Waals surface area contributed by atoms with Gasteiger partial charge in [0.15, 0.2) is 0 Å². The van der Waals surface area contributed by atoms with E-state index in [9.17, 15) is 19.2 Å². The highest BCUT2D eigenvalue weighted by Crippen LogP contribution is 2.51. The molecule has 0 heterocycles. The smallest absolute Gasteiger partial charge is 0.407 e. The SMILES string of the molecule is C[C@H](Cc1ccc(C2(C(=O)OC(C)(C)C)CC2)cc1)NC(=O)OC(C)(C)C.Cc1ccc(C2(C(=O)O)CC2)cc1.Cc1ccc(C2(C(=O)OC(C)(C)C)CC2)cc1. The van der Waals surface area contributed by atoms with Crippen molar-refractivity contribution in [3.05, 3.63) is 106 Å². The number of rotatable bonds is 9. The van der Waals surface area contributed by atoms with E-state index in [1.165, 1.54) is 11.1 Å². The lowest BCUT2D eigenvalue weighted by Crippen LogP contribution is -2.38. The first-order valence-electron chi connectivity index (χ1n) is 20.2. The Labute approximate surface area is 340 Å². The summed E-state index contributed by atoms with van der Waals surface area (Å²) in [6.07, 6.45) is 5.33. The van der Waals surface area contributed by atoms with Gasteiger partial charge in [-0.2, -0.15) is 0 Å². The molecule has 3 aliphatic rings. The van der Waals surface area contributed by atoms with Gasteiger partial charge in [-0.15, -0.1) is 0 Å². The predicted octanol–water partition coefficient (Wildman–Crippen LogP) is 10.00. The van der Waals surface area contributed by atoms with E-state index in [4.69, 9.17) is 19.3 Å². The average Bonchev–Trinajstić information content (AvgIpc) is 3.94. The molecule has 3 aliphatic carbocycles. The van der Waals surface area contributed by atoms with Crippen LogP contribution in [0.2, 0.25) is 0 Å². The molecular weight excluding hydrogens is 719 g/mol. The molecule has 9 nitrogen and oxygen atoms in total. The lowest BCUT2D eigenvalue weighted by molar-refractivity contribution is -0.159. The molecule has 57 heavy (non-hydrogen) atoms. The summed E-state index contributed by atoms with van der Waals surface area (Å²) in [6, 6.07) is 24.0. The van der Waals surface area contributed by atoms with Gasteiger partial charge in [-0.3, -0.25) is 14.4 Å². The molecule has 310 valence electrons. The third-order valence-corrected chi connectivity index (χ3v) is 10.3. The highest BCUT2D eigenvalue weighted by molar-refractivity contribution is 5.87. The molecule has 9 heteroatoms. The molecule has 2 N–H and O–H groups in total. The van der Waals surface area contributed by atoms with E-state index < -0.39 is 39.7 Å². The second-order valence-electron chi connectivity index (χ2n) is 19.2. The molecule has 0 radical (unpaired) electrons. The summed E-state index contributed by atoms with van der Waals surface area (Å²) in [7, 11) is 0. The maximum Gasteiger partial charge on any atom is 0.407 e. The quantitative estimate of drug-likeness (QED) is 0.162. The zero-order valence-electron chi connectivity index (χ0n) is 36.3. The Morgan fingerprint density at radius 2 is 0.877 bits per heavy atom. The molecule has 3 saturated carbocycles. The van der Waals surface area contributed by atoms with Crippen LogP contribution >= 0.6 is 0 Å². The van der Waals surface area contributed by atoms with Crippen molar-refractivity contribution in [3.63, 3.8) is 0 Å². The highest BCUT2D eigenvalue weighted by Gasteiger charge is 2.55. The van der Waals surface area contributed by atoms with Gasteiger partial charge in [0, 0.05) is 6.04 Å². The number of nitrogens with one attached hydrogen (secondary N) is 1. The molecule has 3 aromatic carbocycles. The number of carboxylic acids is 1. The van der Waals surface area contributed by atoms with E-state index in [0.717, 1.165) is 60.8 Å². The summed E-state index contributed by atoms with van der Waals surface area (Å²) >= 11 is 0. The van der Waals surface area contributed by atoms with Crippen LogP contribution in [0.1, 0.15) is 141 Å². The fourth-order valence-electron chi connectivity index (χ4n) is 6.59. The number of hydrogen-bond donors (Lipinski definition) is 2. The van der Waals surface area contributed by atoms with Crippen molar-refractivity contribution in [3.8, 4) is 0 Å². The summed E-state index contributed by atoms with van der Waals surface area (Å²) in [5.74, 6) is -0.895. The van der Waals surface area contributed by atoms with Gasteiger partial charge >= 0.3 is 24.0 Å². The molecule has 0 aliphatic heterocycles. The standard InChI is InChI=1S/C22H33NO4.C15H20O2.C11H12O2/c1-15(23-19(25)27-21(5,6)7)14-16-8-10-17(11-9-16)22(12-13-22)18(24)26-20(2,3)4;1-11-5-7-12(8-6-11)15(9-10-15)13(16)17-14(2,3)4;1-8-2-4-9(5-3-8)11(6-7-11)10(12)13/h8-11,15H,12-14H2,1-7H3,(H,23,25);5-8H,9-10H2,1-4H3;2-5H,6-7H2,1H3,(H,12,13)/t15-;;/m1../s1. The largest absolute Gasteiger partial charge is 0.481 e. The van der Waals surface area contributed by atoms with E-state index in [-0.39, 0.29) is 23.4 Å². The number of carboxylic acid groups (broad SMARTS) is 1. The minimum Gasteiger partial charge on any atom is -0.481 e. The van der Waals surface area contributed by atoms with Gasteiger partial charge in [0.1, 0.15) is 16.8 Å². The highest BCUT2D eigenvalue weighted by atomic mass is 16.6. The number of amides is 1. The summed E-state index contributed by atoms with van der Waals surface area (Å²) in [6.45, 7) is 22.9. The Morgan fingerprint density at radius 1 is 0.561 bits per heavy atom. The van der Waals surface area contributed by atoms with Crippen molar-refractivity contribution in [2.75, 3.05) is 0 Å². The van der Waals surface area contributed by atoms with Crippen LogP contribution in [0.3, 0.4) is 0 Å². The molecule has 0 saturated heterocycles. The van der Waals surface area contributed by atoms with Crippen molar-refractivity contribution in [2.24, 2.45) is 0 Å². The predicted molar refractivity (Wildman–Crippen MR) is 223 cm³/mol. The molecule has 1 atom stereocenters. The Bertz CT molecular complexity index is 1860. The Kier molecular flexibility index (Phi) is 13.5. The van der Waals surface area contributed by atoms with Gasteiger partial charge in [-0.25, -0.2) is 4.79 Å². The lowest BCUT2D eigenvalue weighted by Gasteiger charge is -2.24. The first kappa shape index (κ1) is 45.0. The van der Waals surface area contributed by atoms with E-state index in [2.05, 4.69) is 24.4 Å². The second-order valence-corrected chi connectivity index (χ2v) is 19.2. The van der Waals surface area contributed by atoms with Crippen LogP contribution < -0.4 is 5.32 Å². The molecule has 1 amide bonds. The number of carbonyl (C=O) groups is 4. The number of esters is 2. The zero-order valence-corrected chi connectivity index (χ0v) is 36.3. The number of hydrogen-bond acceptors (Lipinski definition) is 7. The second kappa shape index (κ2) is 17.1. The third-order valence-electron chi connectivity index (χ3n) is 10.3. The average molecular weight is 784 g/mol. The summed E-state index contributed by atoms with van der Waals surface area (Å²) in [5.41, 5.74) is 3.76. The number of carbonyl (C=O) groups excluding carboxylic acids is 3. The Hall–Kier alpha value is -4.66. The van der Waals surface area contributed by atoms with Crippen LogP contribution in [0.5, 0.6) is 0 Å². The van der Waals surface area contributed by atoms with Gasteiger partial charge in [-0.1, -0.05) is 83.9 Å². The first-order chi connectivity index (χ1) is 26.3. The number of benzene rings is 3. The fraction of sp³-hybridized carbons (Fsp3) is 0.542. The molecule has 0 spiro atoms. The molecule has 0 unspecified atom stereocenters. The van der Waals surface area contributed by atoms with Crippen LogP contribution in [0.15, 0.2) is 72.8 Å². The molecule has 0 aromatic heterocycles. The number of aliphatic carboxylic acids is 1. The van der Waals surface area contributed by atoms with Crippen molar-refractivity contribution < 1.29 is 38.5 Å². The normalized spacial score (nSPS) is 17.5. The third kappa shape index (κ3) is 12.7. The van der Waals surface area contributed by atoms with Crippen molar-refractivity contribution >= 4 is 24.0 Å². The van der Waals surface area contributed by atoms with Gasteiger partial charge in [0.2, 0.25) is 0 Å². The Morgan fingerprint density at radius 3 is 1.18 bits per heavy atom. The van der Waals surface area contributed by atoms with Crippen LogP contribution in [0.4, 0.5) is 4.79 Å². The number of alkyl carbamates (subject to hydrolysis) is 1. The van der Waals surface area contributed by atoms with Crippen LogP contribution in [0.25, 0.3) is 0 Å². The molecular formula is C48H65NO8. The molecule has 3 aromatic rings. The minimum atomic E-state index is -0.684. The van der Waals surface area contributed by atoms with E-state index in [1.54, 1.807) is 0 Å². The fourth-order valence-corrected chi connectivity index (χ4v) is 6.59. The summed E-state index contributed by atoms with van der Waals surface area (Å²) in [5, 5.41) is 11.9. The van der Waals surface area contributed by atoms with Crippen LogP contribution in [-0.4, -0.2) is 52.0 Å². The summed E-state index contributed by atoms with van der Waals surface area (Å²) < 4.78 is 16.4. The molecule has 3 fully saturated rings. The number of aryl methyl sites for hydroxylation is 2. The van der Waals surface area contributed by atoms with Crippen molar-refractivity contribution in [1.82, 2.24) is 5.32 Å². The van der Waals surface area contributed by atoms with Gasteiger partial charge in [-0.05, 0) is 150 Å². The van der Waals surface area contributed by atoms with E-state index in [1.807, 2.05) is 137 Å².